The van der Waals surface area contributed by atoms with E-state index in [2.05, 4.69) is 5.32 Å². The van der Waals surface area contributed by atoms with Crippen LogP contribution in [0.2, 0.25) is 0 Å². The maximum atomic E-state index is 11.3. The number of rotatable bonds is 5. The van der Waals surface area contributed by atoms with E-state index in [1.54, 1.807) is 41.8 Å². The predicted molar refractivity (Wildman–Crippen MR) is 73.3 cm³/mol. The predicted octanol–water partition coefficient (Wildman–Crippen LogP) is 2.08. The lowest BCUT2D eigenvalue weighted by Crippen LogP contribution is -2.22. The van der Waals surface area contributed by atoms with E-state index in [-0.39, 0.29) is 5.56 Å². The van der Waals surface area contributed by atoms with Gasteiger partial charge in [-0.05, 0) is 23.6 Å². The quantitative estimate of drug-likeness (QED) is 0.779. The number of carbonyl (C=O) groups is 2. The van der Waals surface area contributed by atoms with Gasteiger partial charge < -0.3 is 16.2 Å². The van der Waals surface area contributed by atoms with Crippen LogP contribution >= 0.6 is 11.3 Å². The number of hydrogen-bond donors (Lipinski definition) is 3. The number of carbonyl (C=O) groups excluding carboxylic acids is 1. The number of aliphatic carboxylic acids is 1. The SMILES string of the molecule is NC(=O)c1ccccc1NC(C(=O)O)c1cccs1. The van der Waals surface area contributed by atoms with Gasteiger partial charge in [-0.3, -0.25) is 4.79 Å². The van der Waals surface area contributed by atoms with Crippen LogP contribution in [0.4, 0.5) is 5.69 Å². The highest BCUT2D eigenvalue weighted by Crippen LogP contribution is 2.25. The molecule has 0 fully saturated rings. The molecule has 1 unspecified atom stereocenters. The van der Waals surface area contributed by atoms with Gasteiger partial charge in [0.1, 0.15) is 0 Å². The number of carboxylic acids is 1. The van der Waals surface area contributed by atoms with Crippen LogP contribution < -0.4 is 11.1 Å². The molecule has 6 heteroatoms. The second-order valence-corrected chi connectivity index (χ2v) is 4.82. The van der Waals surface area contributed by atoms with Gasteiger partial charge in [0.15, 0.2) is 6.04 Å². The van der Waals surface area contributed by atoms with Crippen molar-refractivity contribution < 1.29 is 14.7 Å². The lowest BCUT2D eigenvalue weighted by atomic mass is 10.1. The van der Waals surface area contributed by atoms with Gasteiger partial charge in [-0.15, -0.1) is 11.3 Å². The minimum Gasteiger partial charge on any atom is -0.479 e. The van der Waals surface area contributed by atoms with E-state index in [0.29, 0.717) is 10.6 Å². The maximum absolute atomic E-state index is 11.3. The molecule has 0 bridgehead atoms. The summed E-state index contributed by atoms with van der Waals surface area (Å²) >= 11 is 1.33. The van der Waals surface area contributed by atoms with Gasteiger partial charge in [0, 0.05) is 10.6 Å². The van der Waals surface area contributed by atoms with Crippen molar-refractivity contribution in [1.29, 1.82) is 0 Å². The number of amides is 1. The Morgan fingerprint density at radius 3 is 2.53 bits per heavy atom. The fraction of sp³-hybridized carbons (Fsp3) is 0.0769. The molecule has 0 aliphatic heterocycles. The van der Waals surface area contributed by atoms with E-state index in [9.17, 15) is 14.7 Å². The summed E-state index contributed by atoms with van der Waals surface area (Å²) in [5, 5.41) is 13.9. The van der Waals surface area contributed by atoms with Gasteiger partial charge >= 0.3 is 5.97 Å². The van der Waals surface area contributed by atoms with Crippen LogP contribution in [0.1, 0.15) is 21.3 Å². The minimum atomic E-state index is -1.01. The van der Waals surface area contributed by atoms with Gasteiger partial charge in [-0.2, -0.15) is 0 Å². The summed E-state index contributed by atoms with van der Waals surface area (Å²) in [6.45, 7) is 0. The Bertz CT molecular complexity index is 596. The van der Waals surface area contributed by atoms with E-state index < -0.39 is 17.9 Å². The van der Waals surface area contributed by atoms with Crippen LogP contribution in [0.25, 0.3) is 0 Å². The first-order valence-electron chi connectivity index (χ1n) is 5.51. The molecule has 1 aromatic heterocycles. The molecule has 0 saturated heterocycles. The van der Waals surface area contributed by atoms with E-state index in [1.165, 1.54) is 11.3 Å². The van der Waals surface area contributed by atoms with Crippen molar-refractivity contribution in [2.24, 2.45) is 5.73 Å². The zero-order chi connectivity index (χ0) is 13.8. The average molecular weight is 276 g/mol. The molecule has 0 aliphatic rings. The van der Waals surface area contributed by atoms with E-state index in [1.807, 2.05) is 0 Å². The summed E-state index contributed by atoms with van der Waals surface area (Å²) in [5.74, 6) is -1.61. The zero-order valence-corrected chi connectivity index (χ0v) is 10.7. The number of anilines is 1. The number of benzene rings is 1. The van der Waals surface area contributed by atoms with Crippen molar-refractivity contribution in [2.45, 2.75) is 6.04 Å². The van der Waals surface area contributed by atoms with Gasteiger partial charge in [0.2, 0.25) is 0 Å². The smallest absolute Gasteiger partial charge is 0.331 e. The van der Waals surface area contributed by atoms with Crippen LogP contribution in [0.3, 0.4) is 0 Å². The molecular formula is C13H12N2O3S. The highest BCUT2D eigenvalue weighted by atomic mass is 32.1. The van der Waals surface area contributed by atoms with Crippen LogP contribution in [-0.2, 0) is 4.79 Å². The topological polar surface area (TPSA) is 92.4 Å². The van der Waals surface area contributed by atoms with Crippen LogP contribution in [0.15, 0.2) is 41.8 Å². The number of hydrogen-bond acceptors (Lipinski definition) is 4. The van der Waals surface area contributed by atoms with E-state index in [0.717, 1.165) is 0 Å². The molecule has 0 saturated carbocycles. The Kier molecular flexibility index (Phi) is 3.82. The molecule has 0 radical (unpaired) electrons. The second kappa shape index (κ2) is 5.53. The molecule has 1 amide bonds. The Morgan fingerprint density at radius 2 is 1.95 bits per heavy atom. The number of primary amides is 1. The minimum absolute atomic E-state index is 0.269. The molecule has 1 aromatic carbocycles. The van der Waals surface area contributed by atoms with Crippen LogP contribution in [0.5, 0.6) is 0 Å². The van der Waals surface area contributed by atoms with Crippen molar-refractivity contribution in [3.63, 3.8) is 0 Å². The van der Waals surface area contributed by atoms with E-state index >= 15 is 0 Å². The molecule has 19 heavy (non-hydrogen) atoms. The van der Waals surface area contributed by atoms with Crippen molar-refractivity contribution in [3.05, 3.63) is 52.2 Å². The number of carboxylic acid groups (broad SMARTS) is 1. The van der Waals surface area contributed by atoms with Crippen molar-refractivity contribution in [1.82, 2.24) is 0 Å². The third kappa shape index (κ3) is 2.92. The third-order valence-corrected chi connectivity index (χ3v) is 3.50. The highest BCUT2D eigenvalue weighted by Gasteiger charge is 2.22. The number of para-hydroxylation sites is 1. The summed E-state index contributed by atoms with van der Waals surface area (Å²) in [5.41, 5.74) is 5.94. The normalized spacial score (nSPS) is 11.8. The van der Waals surface area contributed by atoms with Crippen LogP contribution in [-0.4, -0.2) is 17.0 Å². The molecule has 0 spiro atoms. The largest absolute Gasteiger partial charge is 0.479 e. The molecule has 0 aliphatic carbocycles. The van der Waals surface area contributed by atoms with Crippen molar-refractivity contribution >= 4 is 28.9 Å². The fourth-order valence-corrected chi connectivity index (χ4v) is 2.46. The summed E-state index contributed by atoms with van der Waals surface area (Å²) < 4.78 is 0. The lowest BCUT2D eigenvalue weighted by molar-refractivity contribution is -0.138. The third-order valence-electron chi connectivity index (χ3n) is 2.57. The number of nitrogens with two attached hydrogens (primary N) is 1. The van der Waals surface area contributed by atoms with Gasteiger partial charge in [-0.1, -0.05) is 18.2 Å². The number of nitrogens with one attached hydrogen (secondary N) is 1. The lowest BCUT2D eigenvalue weighted by Gasteiger charge is -2.16. The Morgan fingerprint density at radius 1 is 1.21 bits per heavy atom. The first-order chi connectivity index (χ1) is 9.09. The molecule has 98 valence electrons. The first-order valence-corrected chi connectivity index (χ1v) is 6.39. The van der Waals surface area contributed by atoms with Crippen molar-refractivity contribution in [2.75, 3.05) is 5.32 Å². The van der Waals surface area contributed by atoms with Gasteiger partial charge in [-0.25, -0.2) is 4.79 Å². The Hall–Kier alpha value is -2.34. The fourth-order valence-electron chi connectivity index (χ4n) is 1.69. The monoisotopic (exact) mass is 276 g/mol. The Labute approximate surface area is 113 Å². The molecular weight excluding hydrogens is 264 g/mol. The Balaban J connectivity index is 2.33. The standard InChI is InChI=1S/C13H12N2O3S/c14-12(16)8-4-1-2-5-9(8)15-11(13(17)18)10-6-3-7-19-10/h1-7,11,15H,(H2,14,16)(H,17,18). The van der Waals surface area contributed by atoms with Gasteiger partial charge in [0.05, 0.1) is 5.56 Å². The second-order valence-electron chi connectivity index (χ2n) is 3.84. The molecule has 1 atom stereocenters. The molecule has 5 nitrogen and oxygen atoms in total. The first kappa shape index (κ1) is 13.1. The van der Waals surface area contributed by atoms with Gasteiger partial charge in [0.25, 0.3) is 5.91 Å². The molecule has 2 aromatic rings. The summed E-state index contributed by atoms with van der Waals surface area (Å²) in [6.07, 6.45) is 0. The summed E-state index contributed by atoms with van der Waals surface area (Å²) in [4.78, 5) is 23.3. The molecule has 4 N–H and O–H groups in total. The maximum Gasteiger partial charge on any atom is 0.331 e. The van der Waals surface area contributed by atoms with Crippen molar-refractivity contribution in [3.8, 4) is 0 Å². The molecule has 1 heterocycles. The highest BCUT2D eigenvalue weighted by molar-refractivity contribution is 7.10. The number of thiophene rings is 1. The summed E-state index contributed by atoms with van der Waals surface area (Å²) in [6, 6.07) is 9.16. The molecule has 2 rings (SSSR count). The van der Waals surface area contributed by atoms with E-state index in [4.69, 9.17) is 5.73 Å². The summed E-state index contributed by atoms with van der Waals surface area (Å²) in [7, 11) is 0. The zero-order valence-electron chi connectivity index (χ0n) is 9.87. The average Bonchev–Trinajstić information content (AvgIpc) is 2.89. The van der Waals surface area contributed by atoms with Crippen LogP contribution in [0, 0.1) is 0 Å².